The number of carbonyl (C=O) groups is 6. The molecule has 2 heterocycles. The second-order valence-electron chi connectivity index (χ2n) is 15.2. The minimum absolute atomic E-state index is 0.0163. The summed E-state index contributed by atoms with van der Waals surface area (Å²) in [4.78, 5) is 90.8. The molecule has 5 rings (SSSR count). The number of aromatic nitrogens is 2. The average Bonchev–Trinajstić information content (AvgIpc) is 3.73. The summed E-state index contributed by atoms with van der Waals surface area (Å²) in [5, 5.41) is 12.2. The quantitative estimate of drug-likeness (QED) is 0.131. The normalized spacial score (nSPS) is 23.6. The molecular formula is C39H57N7O6. The van der Waals surface area contributed by atoms with Crippen molar-refractivity contribution in [1.29, 1.82) is 0 Å². The summed E-state index contributed by atoms with van der Waals surface area (Å²) in [6, 6.07) is -2.83. The summed E-state index contributed by atoms with van der Waals surface area (Å²) in [7, 11) is 0. The van der Waals surface area contributed by atoms with Gasteiger partial charge in [0.2, 0.25) is 17.6 Å². The van der Waals surface area contributed by atoms with E-state index in [1.165, 1.54) is 18.6 Å². The van der Waals surface area contributed by atoms with Gasteiger partial charge in [0, 0.05) is 44.0 Å². The summed E-state index contributed by atoms with van der Waals surface area (Å²) in [6.45, 7) is 6.17. The van der Waals surface area contributed by atoms with Gasteiger partial charge in [0.25, 0.3) is 11.8 Å². The fourth-order valence-electron chi connectivity index (χ4n) is 8.27. The second kappa shape index (κ2) is 18.7. The lowest BCUT2D eigenvalue weighted by Gasteiger charge is -2.34. The van der Waals surface area contributed by atoms with Gasteiger partial charge in [-0.05, 0) is 88.5 Å². The van der Waals surface area contributed by atoms with E-state index in [9.17, 15) is 28.8 Å². The minimum atomic E-state index is -0.974. The van der Waals surface area contributed by atoms with Crippen molar-refractivity contribution < 1.29 is 28.8 Å². The Hall–Kier alpha value is -4.00. The van der Waals surface area contributed by atoms with E-state index in [-0.39, 0.29) is 66.0 Å². The first-order valence-corrected chi connectivity index (χ1v) is 19.5. The van der Waals surface area contributed by atoms with Crippen molar-refractivity contribution in [3.63, 3.8) is 0 Å². The Morgan fingerprint density at radius 3 is 2.37 bits per heavy atom. The van der Waals surface area contributed by atoms with Gasteiger partial charge in [-0.25, -0.2) is 4.98 Å². The highest BCUT2D eigenvalue weighted by Gasteiger charge is 2.51. The van der Waals surface area contributed by atoms with Gasteiger partial charge in [-0.1, -0.05) is 45.1 Å². The second-order valence-corrected chi connectivity index (χ2v) is 15.2. The van der Waals surface area contributed by atoms with Crippen LogP contribution in [0.1, 0.15) is 121 Å². The third-order valence-corrected chi connectivity index (χ3v) is 11.5. The maximum atomic E-state index is 14.7. The van der Waals surface area contributed by atoms with Crippen molar-refractivity contribution >= 4 is 35.2 Å². The Kier molecular flexibility index (Phi) is 14.1. The lowest BCUT2D eigenvalue weighted by molar-refractivity contribution is -0.143. The number of nitrogens with zero attached hydrogens (tertiary/aromatic N) is 3. The summed E-state index contributed by atoms with van der Waals surface area (Å²) in [5.41, 5.74) is 0.832. The maximum absolute atomic E-state index is 14.7. The molecule has 4 fully saturated rings. The number of hydrogen-bond donors (Lipinski definition) is 4. The molecule has 0 spiro atoms. The summed E-state index contributed by atoms with van der Waals surface area (Å²) in [6.07, 6.45) is 16.9. The number of hydrogen-bond acceptors (Lipinski definition) is 9. The first-order chi connectivity index (χ1) is 25.1. The molecule has 3 aliphatic carbocycles. The smallest absolute Gasteiger partial charge is 0.289 e. The number of allylic oxidation sites excluding steroid dienone is 2. The van der Waals surface area contributed by atoms with E-state index in [0.29, 0.717) is 31.5 Å². The van der Waals surface area contributed by atoms with Crippen LogP contribution in [0.2, 0.25) is 0 Å². The number of amides is 4. The first-order valence-electron chi connectivity index (χ1n) is 19.5. The number of ketones is 2. The molecule has 13 heteroatoms. The molecule has 0 bridgehead atoms. The number of likely N-dealkylation sites (tertiary alicyclic amines) is 1. The average molecular weight is 720 g/mol. The van der Waals surface area contributed by atoms with Gasteiger partial charge in [0.15, 0.2) is 5.78 Å². The third-order valence-electron chi connectivity index (χ3n) is 11.5. The largest absolute Gasteiger partial charge is 0.347 e. The molecule has 0 radical (unpaired) electrons. The highest BCUT2D eigenvalue weighted by Crippen LogP contribution is 2.42. The predicted octanol–water partition coefficient (Wildman–Crippen LogP) is 3.19. The molecule has 3 saturated carbocycles. The Bertz CT molecular complexity index is 1470. The van der Waals surface area contributed by atoms with Crippen molar-refractivity contribution in [2.24, 2.45) is 17.8 Å². The van der Waals surface area contributed by atoms with Crippen LogP contribution < -0.4 is 21.3 Å². The van der Waals surface area contributed by atoms with E-state index in [1.807, 2.05) is 6.92 Å². The highest BCUT2D eigenvalue weighted by atomic mass is 16.2. The number of fused-ring (bicyclic) bond motifs is 1. The summed E-state index contributed by atoms with van der Waals surface area (Å²) < 4.78 is 0. The number of rotatable bonds is 18. The van der Waals surface area contributed by atoms with E-state index >= 15 is 0 Å². The highest BCUT2D eigenvalue weighted by molar-refractivity contribution is 6.38. The standard InChI is InChI=1S/C39H57N7O6/c1-4-10-29(35(48)38(51)43-27-15-16-27)44-37(50)34-28-14-9-13-26(28)23-46(34)39(52)30(17-18-33(47)24(3)5-2)42-22-31(25-11-7-6-8-12-25)45-36(49)32-21-40-19-20-41-32/h5,19-21,25-31,34,42H,4,6-18,22-23H2,1-3H3,(H,43,51)(H,44,50)(H,45,49)/b24-5+/t26-,28-,29-,30-,31+,34-/m0/s1. The fourth-order valence-corrected chi connectivity index (χ4v) is 8.27. The molecule has 0 aromatic carbocycles. The van der Waals surface area contributed by atoms with E-state index in [1.54, 1.807) is 24.8 Å². The Labute approximate surface area is 307 Å². The van der Waals surface area contributed by atoms with Crippen LogP contribution in [0.25, 0.3) is 0 Å². The predicted molar refractivity (Wildman–Crippen MR) is 195 cm³/mol. The summed E-state index contributed by atoms with van der Waals surface area (Å²) in [5.74, 6) is -2.13. The number of Topliss-reactive ketones (excluding diaryl/α,β-unsaturated/α-hetero) is 2. The van der Waals surface area contributed by atoms with Crippen LogP contribution in [-0.4, -0.2) is 93.4 Å². The Morgan fingerprint density at radius 1 is 0.923 bits per heavy atom. The molecule has 0 unspecified atom stereocenters. The molecule has 1 aromatic heterocycles. The van der Waals surface area contributed by atoms with Crippen molar-refractivity contribution in [2.45, 2.75) is 141 Å². The monoisotopic (exact) mass is 719 g/mol. The molecule has 52 heavy (non-hydrogen) atoms. The van der Waals surface area contributed by atoms with Crippen molar-refractivity contribution in [2.75, 3.05) is 13.1 Å². The molecule has 1 aromatic rings. The third kappa shape index (κ3) is 10.1. The van der Waals surface area contributed by atoms with Gasteiger partial charge < -0.3 is 26.2 Å². The van der Waals surface area contributed by atoms with Crippen molar-refractivity contribution in [3.05, 3.63) is 35.9 Å². The zero-order valence-corrected chi connectivity index (χ0v) is 31.0. The van der Waals surface area contributed by atoms with Crippen LogP contribution in [0.3, 0.4) is 0 Å². The van der Waals surface area contributed by atoms with Gasteiger partial charge in [-0.15, -0.1) is 0 Å². The van der Waals surface area contributed by atoms with E-state index in [4.69, 9.17) is 0 Å². The van der Waals surface area contributed by atoms with Crippen molar-refractivity contribution in [3.8, 4) is 0 Å². The Balaban J connectivity index is 1.35. The molecule has 6 atom stereocenters. The molecule has 4 amide bonds. The zero-order chi connectivity index (χ0) is 37.2. The molecule has 284 valence electrons. The lowest BCUT2D eigenvalue weighted by Crippen LogP contribution is -2.58. The van der Waals surface area contributed by atoms with Gasteiger partial charge in [-0.3, -0.25) is 33.8 Å². The zero-order valence-electron chi connectivity index (χ0n) is 31.0. The van der Waals surface area contributed by atoms with E-state index in [2.05, 4.69) is 31.2 Å². The molecule has 4 N–H and O–H groups in total. The van der Waals surface area contributed by atoms with Crippen LogP contribution in [0.15, 0.2) is 30.2 Å². The van der Waals surface area contributed by atoms with Crippen LogP contribution in [-0.2, 0) is 24.0 Å². The van der Waals surface area contributed by atoms with Gasteiger partial charge >= 0.3 is 0 Å². The van der Waals surface area contributed by atoms with E-state index in [0.717, 1.165) is 64.2 Å². The fraction of sp³-hybridized carbons (Fsp3) is 0.692. The van der Waals surface area contributed by atoms with E-state index < -0.39 is 35.7 Å². The van der Waals surface area contributed by atoms with Gasteiger partial charge in [0.05, 0.1) is 18.3 Å². The summed E-state index contributed by atoms with van der Waals surface area (Å²) >= 11 is 0. The van der Waals surface area contributed by atoms with Gasteiger partial charge in [-0.2, -0.15) is 0 Å². The number of nitrogens with one attached hydrogen (secondary N) is 4. The van der Waals surface area contributed by atoms with Crippen molar-refractivity contribution in [1.82, 2.24) is 36.1 Å². The van der Waals surface area contributed by atoms with Gasteiger partial charge in [0.1, 0.15) is 11.7 Å². The molecular weight excluding hydrogens is 662 g/mol. The maximum Gasteiger partial charge on any atom is 0.289 e. The minimum Gasteiger partial charge on any atom is -0.347 e. The molecule has 13 nitrogen and oxygen atoms in total. The molecule has 4 aliphatic rings. The van der Waals surface area contributed by atoms with Crippen LogP contribution >= 0.6 is 0 Å². The molecule has 1 saturated heterocycles. The first kappa shape index (κ1) is 39.2. The lowest BCUT2D eigenvalue weighted by atomic mass is 9.83. The SMILES string of the molecule is C/C=C(\C)C(=O)CC[C@H](NC[C@@H](NC(=O)c1cnccn1)C1CCCCC1)C(=O)N1C[C@@H]2CCC[C@@H]2[C@H]1C(=O)N[C@@H](CCC)C(=O)C(=O)NC1CC1. The van der Waals surface area contributed by atoms with Crippen LogP contribution in [0, 0.1) is 17.8 Å². The molecule has 1 aliphatic heterocycles. The topological polar surface area (TPSA) is 180 Å². The number of carbonyl (C=O) groups excluding carboxylic acids is 6. The van der Waals surface area contributed by atoms with Crippen LogP contribution in [0.5, 0.6) is 0 Å². The Morgan fingerprint density at radius 2 is 1.69 bits per heavy atom. The van der Waals surface area contributed by atoms with Crippen LogP contribution in [0.4, 0.5) is 0 Å².